The molecule has 5 rings (SSSR count). The van der Waals surface area contributed by atoms with E-state index in [1.54, 1.807) is 0 Å². The average Bonchev–Trinajstić information content (AvgIpc) is 3.19. The van der Waals surface area contributed by atoms with Gasteiger partial charge in [0.1, 0.15) is 18.3 Å². The Morgan fingerprint density at radius 1 is 1.12 bits per heavy atom. The molecule has 0 bridgehead atoms. The largest absolute Gasteiger partial charge is 0.462 e. The fourth-order valence-corrected chi connectivity index (χ4v) is 7.46. The monoisotopic (exact) mass is 364 g/mol. The van der Waals surface area contributed by atoms with Gasteiger partial charge in [0.2, 0.25) is 0 Å². The molecule has 2 saturated carbocycles. The molecule has 3 aliphatic heterocycles. The van der Waals surface area contributed by atoms with Gasteiger partial charge in [-0.3, -0.25) is 4.79 Å². The van der Waals surface area contributed by atoms with Crippen LogP contribution in [0.25, 0.3) is 0 Å². The van der Waals surface area contributed by atoms with Crippen LogP contribution in [0.15, 0.2) is 0 Å². The van der Waals surface area contributed by atoms with Gasteiger partial charge in [0, 0.05) is 11.3 Å². The first-order valence-corrected chi connectivity index (χ1v) is 9.95. The molecule has 0 aromatic rings. The lowest BCUT2D eigenvalue weighted by Gasteiger charge is -2.62. The Hall–Kier alpha value is -1.14. The second-order valence-electron chi connectivity index (χ2n) is 9.81. The van der Waals surface area contributed by atoms with Crippen LogP contribution >= 0.6 is 0 Å². The standard InChI is InChI=1S/C20H28O6/c1-11-9-12-13-17(2,16(23)25-12)5-4-6-18(13,3)20(11)8-7-19(26-20)10-24-15(22)14(19)21/h11-14,21H,4-10H2,1-3H3/t11-,12?,13?,14-,17+,18+,19+,20-/m1/s1. The number of cyclic esters (lactones) is 1. The highest BCUT2D eigenvalue weighted by molar-refractivity contribution is 5.80. The number of carbonyl (C=O) groups is 2. The molecule has 2 aliphatic carbocycles. The van der Waals surface area contributed by atoms with Crippen molar-refractivity contribution < 1.29 is 28.9 Å². The molecular formula is C20H28O6. The second kappa shape index (κ2) is 4.82. The molecule has 8 atom stereocenters. The van der Waals surface area contributed by atoms with E-state index in [2.05, 4.69) is 20.8 Å². The van der Waals surface area contributed by atoms with Gasteiger partial charge in [-0.15, -0.1) is 0 Å². The maximum absolute atomic E-state index is 12.7. The van der Waals surface area contributed by atoms with Crippen LogP contribution in [0.5, 0.6) is 0 Å². The summed E-state index contributed by atoms with van der Waals surface area (Å²) in [6.07, 6.45) is 3.72. The number of aliphatic hydroxyl groups is 1. The summed E-state index contributed by atoms with van der Waals surface area (Å²) < 4.78 is 17.7. The van der Waals surface area contributed by atoms with E-state index in [-0.39, 0.29) is 35.9 Å². The van der Waals surface area contributed by atoms with Crippen LogP contribution in [0.1, 0.15) is 59.3 Å². The van der Waals surface area contributed by atoms with Gasteiger partial charge in [-0.1, -0.05) is 20.3 Å². The van der Waals surface area contributed by atoms with Crippen molar-refractivity contribution in [2.45, 2.75) is 82.7 Å². The van der Waals surface area contributed by atoms with E-state index < -0.39 is 28.7 Å². The van der Waals surface area contributed by atoms with E-state index in [1.807, 2.05) is 0 Å². The Bertz CT molecular complexity index is 692. The third-order valence-electron chi connectivity index (χ3n) is 8.70. The highest BCUT2D eigenvalue weighted by Crippen LogP contribution is 2.70. The topological polar surface area (TPSA) is 82.1 Å². The van der Waals surface area contributed by atoms with E-state index in [4.69, 9.17) is 14.2 Å². The Balaban J connectivity index is 1.60. The van der Waals surface area contributed by atoms with Crippen molar-refractivity contribution in [2.75, 3.05) is 6.61 Å². The molecule has 3 saturated heterocycles. The van der Waals surface area contributed by atoms with Crippen molar-refractivity contribution in [3.05, 3.63) is 0 Å². The minimum absolute atomic E-state index is 0.0510. The van der Waals surface area contributed by atoms with Gasteiger partial charge in [-0.05, 0) is 44.9 Å². The van der Waals surface area contributed by atoms with Gasteiger partial charge in [0.15, 0.2) is 6.10 Å². The van der Waals surface area contributed by atoms with Gasteiger partial charge in [0.25, 0.3) is 0 Å². The van der Waals surface area contributed by atoms with Crippen molar-refractivity contribution in [1.29, 1.82) is 0 Å². The smallest absolute Gasteiger partial charge is 0.338 e. The summed E-state index contributed by atoms with van der Waals surface area (Å²) >= 11 is 0. The van der Waals surface area contributed by atoms with E-state index in [1.165, 1.54) is 0 Å². The lowest BCUT2D eigenvalue weighted by Crippen LogP contribution is -2.66. The minimum Gasteiger partial charge on any atom is -0.462 e. The molecular weight excluding hydrogens is 336 g/mol. The Morgan fingerprint density at radius 3 is 2.58 bits per heavy atom. The van der Waals surface area contributed by atoms with Crippen LogP contribution in [0.4, 0.5) is 0 Å². The fraction of sp³-hybridized carbons (Fsp3) is 0.900. The number of carbonyl (C=O) groups excluding carboxylic acids is 2. The average molecular weight is 364 g/mol. The van der Waals surface area contributed by atoms with Crippen molar-refractivity contribution in [2.24, 2.45) is 22.7 Å². The SMILES string of the molecule is C[C@@H]1CC2OC(=O)[C@@]3(C)CCC[C@@](C)(C23)[C@@]12CC[C@@]1(COC(=O)[C@H]1O)O2. The highest BCUT2D eigenvalue weighted by Gasteiger charge is 2.75. The van der Waals surface area contributed by atoms with Gasteiger partial charge >= 0.3 is 11.9 Å². The molecule has 5 fully saturated rings. The zero-order chi connectivity index (χ0) is 18.5. The summed E-state index contributed by atoms with van der Waals surface area (Å²) in [5.41, 5.74) is -2.06. The van der Waals surface area contributed by atoms with Gasteiger partial charge in [-0.2, -0.15) is 0 Å². The lowest BCUT2D eigenvalue weighted by atomic mass is 9.44. The summed E-state index contributed by atoms with van der Waals surface area (Å²) in [4.78, 5) is 24.5. The Labute approximate surface area is 153 Å². The third-order valence-corrected chi connectivity index (χ3v) is 8.70. The molecule has 0 amide bonds. The molecule has 6 heteroatoms. The molecule has 5 aliphatic rings. The first-order chi connectivity index (χ1) is 12.2. The van der Waals surface area contributed by atoms with E-state index in [0.29, 0.717) is 6.42 Å². The third kappa shape index (κ3) is 1.67. The number of rotatable bonds is 0. The van der Waals surface area contributed by atoms with Gasteiger partial charge in [-0.25, -0.2) is 4.79 Å². The molecule has 26 heavy (non-hydrogen) atoms. The first-order valence-electron chi connectivity index (χ1n) is 9.95. The second-order valence-corrected chi connectivity index (χ2v) is 9.81. The summed E-state index contributed by atoms with van der Waals surface area (Å²) in [5.74, 6) is -0.335. The van der Waals surface area contributed by atoms with Crippen LogP contribution in [-0.2, 0) is 23.8 Å². The zero-order valence-corrected chi connectivity index (χ0v) is 15.7. The summed E-state index contributed by atoms with van der Waals surface area (Å²) in [6, 6.07) is 0. The highest BCUT2D eigenvalue weighted by atomic mass is 16.6. The molecule has 144 valence electrons. The minimum atomic E-state index is -1.22. The molecule has 1 N–H and O–H groups in total. The van der Waals surface area contributed by atoms with Crippen molar-refractivity contribution >= 4 is 11.9 Å². The lowest BCUT2D eigenvalue weighted by molar-refractivity contribution is -0.260. The maximum atomic E-state index is 12.7. The number of aliphatic hydroxyl groups excluding tert-OH is 1. The molecule has 2 spiro atoms. The normalized spacial score (nSPS) is 58.2. The van der Waals surface area contributed by atoms with Crippen LogP contribution < -0.4 is 0 Å². The Morgan fingerprint density at radius 2 is 1.88 bits per heavy atom. The molecule has 6 nitrogen and oxygen atoms in total. The molecule has 2 unspecified atom stereocenters. The van der Waals surface area contributed by atoms with Crippen LogP contribution in [0.3, 0.4) is 0 Å². The number of ether oxygens (including phenoxy) is 3. The fourth-order valence-electron chi connectivity index (χ4n) is 7.46. The number of esters is 2. The van der Waals surface area contributed by atoms with E-state index >= 15 is 0 Å². The summed E-state index contributed by atoms with van der Waals surface area (Å²) in [6.45, 7) is 6.60. The predicted molar refractivity (Wildman–Crippen MR) is 90.0 cm³/mol. The quantitative estimate of drug-likeness (QED) is 0.662. The molecule has 3 heterocycles. The number of hydrogen-bond donors (Lipinski definition) is 1. The predicted octanol–water partition coefficient (Wildman–Crippen LogP) is 1.97. The first kappa shape index (κ1) is 17.0. The van der Waals surface area contributed by atoms with Gasteiger partial charge in [0.05, 0.1) is 11.0 Å². The van der Waals surface area contributed by atoms with Crippen LogP contribution in [0.2, 0.25) is 0 Å². The maximum Gasteiger partial charge on any atom is 0.338 e. The molecule has 0 radical (unpaired) electrons. The van der Waals surface area contributed by atoms with Crippen molar-refractivity contribution in [1.82, 2.24) is 0 Å². The van der Waals surface area contributed by atoms with Gasteiger partial charge < -0.3 is 19.3 Å². The van der Waals surface area contributed by atoms with Crippen LogP contribution in [0, 0.1) is 22.7 Å². The van der Waals surface area contributed by atoms with Crippen molar-refractivity contribution in [3.63, 3.8) is 0 Å². The van der Waals surface area contributed by atoms with E-state index in [9.17, 15) is 14.7 Å². The van der Waals surface area contributed by atoms with E-state index in [0.717, 1.165) is 32.1 Å². The van der Waals surface area contributed by atoms with Crippen LogP contribution in [-0.4, -0.2) is 47.1 Å². The summed E-state index contributed by atoms with van der Waals surface area (Å²) in [7, 11) is 0. The zero-order valence-electron chi connectivity index (χ0n) is 15.7. The number of fused-ring (bicyclic) bond motifs is 1. The number of hydrogen-bond acceptors (Lipinski definition) is 6. The van der Waals surface area contributed by atoms with Crippen molar-refractivity contribution in [3.8, 4) is 0 Å². The summed E-state index contributed by atoms with van der Waals surface area (Å²) in [5, 5.41) is 10.5. The Kier molecular flexibility index (Phi) is 3.15. The molecule has 0 aromatic carbocycles. The molecule has 0 aromatic heterocycles.